The molecule has 1 aromatic carbocycles. The van der Waals surface area contributed by atoms with Gasteiger partial charge in [0.05, 0.1) is 11.4 Å². The van der Waals surface area contributed by atoms with Gasteiger partial charge >= 0.3 is 6.03 Å². The molecule has 0 atom stereocenters. The zero-order valence-electron chi connectivity index (χ0n) is 13.5. The Kier molecular flexibility index (Phi) is 5.58. The molecular formula is C17H24N4O. The Balaban J connectivity index is 2.00. The van der Waals surface area contributed by atoms with Gasteiger partial charge in [0, 0.05) is 17.9 Å². The summed E-state index contributed by atoms with van der Waals surface area (Å²) in [5, 5.41) is 10.2. The minimum absolute atomic E-state index is 0.165. The molecule has 1 aromatic heterocycles. The predicted molar refractivity (Wildman–Crippen MR) is 89.6 cm³/mol. The number of carbonyl (C=O) groups is 1. The first kappa shape index (κ1) is 16.1. The van der Waals surface area contributed by atoms with Crippen LogP contribution in [0.15, 0.2) is 30.3 Å². The standard InChI is InChI=1S/C17H24N4O/c1-4-5-6-10-18-17(22)19-15-8-7-9-16(12-15)21-14(3)11-13(2)20-21/h7-9,11-12H,4-6,10H2,1-3H3,(H2,18,19,22). The lowest BCUT2D eigenvalue weighted by Gasteiger charge is -2.10. The van der Waals surface area contributed by atoms with Gasteiger partial charge in [0.15, 0.2) is 0 Å². The molecule has 5 nitrogen and oxygen atoms in total. The molecule has 0 aliphatic heterocycles. The fraction of sp³-hybridized carbons (Fsp3) is 0.412. The van der Waals surface area contributed by atoms with Crippen molar-refractivity contribution in [2.45, 2.75) is 40.0 Å². The molecule has 0 unspecified atom stereocenters. The van der Waals surface area contributed by atoms with Crippen LogP contribution in [0.1, 0.15) is 37.6 Å². The SMILES string of the molecule is CCCCCNC(=O)Nc1cccc(-n2nc(C)cc2C)c1. The van der Waals surface area contributed by atoms with E-state index in [4.69, 9.17) is 0 Å². The number of nitrogens with zero attached hydrogens (tertiary/aromatic N) is 2. The van der Waals surface area contributed by atoms with Crippen molar-refractivity contribution in [3.05, 3.63) is 41.7 Å². The number of hydrogen-bond acceptors (Lipinski definition) is 2. The number of nitrogens with one attached hydrogen (secondary N) is 2. The molecule has 118 valence electrons. The van der Waals surface area contributed by atoms with Crippen LogP contribution >= 0.6 is 0 Å². The van der Waals surface area contributed by atoms with Crippen molar-refractivity contribution in [1.82, 2.24) is 15.1 Å². The molecule has 2 N–H and O–H groups in total. The van der Waals surface area contributed by atoms with Crippen LogP contribution in [-0.2, 0) is 0 Å². The summed E-state index contributed by atoms with van der Waals surface area (Å²) < 4.78 is 1.87. The molecule has 0 aliphatic carbocycles. The van der Waals surface area contributed by atoms with Gasteiger partial charge in [-0.1, -0.05) is 25.8 Å². The molecule has 22 heavy (non-hydrogen) atoms. The quantitative estimate of drug-likeness (QED) is 0.797. The Hall–Kier alpha value is -2.30. The van der Waals surface area contributed by atoms with Crippen LogP contribution in [0.3, 0.4) is 0 Å². The lowest BCUT2D eigenvalue weighted by Crippen LogP contribution is -2.29. The van der Waals surface area contributed by atoms with E-state index in [9.17, 15) is 4.79 Å². The van der Waals surface area contributed by atoms with Gasteiger partial charge in [0.1, 0.15) is 0 Å². The van der Waals surface area contributed by atoms with E-state index in [1.807, 2.05) is 48.9 Å². The van der Waals surface area contributed by atoms with E-state index in [-0.39, 0.29) is 6.03 Å². The number of hydrogen-bond donors (Lipinski definition) is 2. The molecule has 2 amide bonds. The van der Waals surface area contributed by atoms with Gasteiger partial charge in [-0.25, -0.2) is 9.48 Å². The van der Waals surface area contributed by atoms with Crippen molar-refractivity contribution < 1.29 is 4.79 Å². The van der Waals surface area contributed by atoms with Gasteiger partial charge in [-0.2, -0.15) is 5.10 Å². The summed E-state index contributed by atoms with van der Waals surface area (Å²) in [5.41, 5.74) is 3.75. The molecule has 0 radical (unpaired) electrons. The predicted octanol–water partition coefficient (Wildman–Crippen LogP) is 3.80. The van der Waals surface area contributed by atoms with Crippen LogP contribution in [0.25, 0.3) is 5.69 Å². The Bertz CT molecular complexity index is 633. The van der Waals surface area contributed by atoms with Gasteiger partial charge < -0.3 is 10.6 Å². The second-order valence-electron chi connectivity index (χ2n) is 5.48. The first-order chi connectivity index (χ1) is 10.6. The van der Waals surface area contributed by atoms with E-state index in [0.29, 0.717) is 6.54 Å². The van der Waals surface area contributed by atoms with Gasteiger partial charge in [-0.15, -0.1) is 0 Å². The second kappa shape index (κ2) is 7.64. The number of amides is 2. The smallest absolute Gasteiger partial charge is 0.319 e. The maximum Gasteiger partial charge on any atom is 0.319 e. The summed E-state index contributed by atoms with van der Waals surface area (Å²) in [6, 6.07) is 9.55. The number of benzene rings is 1. The summed E-state index contributed by atoms with van der Waals surface area (Å²) >= 11 is 0. The highest BCUT2D eigenvalue weighted by molar-refractivity contribution is 5.89. The molecule has 1 heterocycles. The number of aromatic nitrogens is 2. The van der Waals surface area contributed by atoms with Crippen LogP contribution in [0.5, 0.6) is 0 Å². The summed E-state index contributed by atoms with van der Waals surface area (Å²) in [4.78, 5) is 11.8. The van der Waals surface area contributed by atoms with Crippen molar-refractivity contribution in [2.24, 2.45) is 0 Å². The number of anilines is 1. The zero-order chi connectivity index (χ0) is 15.9. The Morgan fingerprint density at radius 1 is 1.23 bits per heavy atom. The Morgan fingerprint density at radius 2 is 2.05 bits per heavy atom. The first-order valence-corrected chi connectivity index (χ1v) is 7.78. The lowest BCUT2D eigenvalue weighted by atomic mass is 10.2. The van der Waals surface area contributed by atoms with E-state index in [1.165, 1.54) is 0 Å². The normalized spacial score (nSPS) is 10.5. The fourth-order valence-electron chi connectivity index (χ4n) is 2.36. The summed E-state index contributed by atoms with van der Waals surface area (Å²) in [7, 11) is 0. The number of aryl methyl sites for hydroxylation is 2. The summed E-state index contributed by atoms with van der Waals surface area (Å²) in [6.07, 6.45) is 3.29. The monoisotopic (exact) mass is 300 g/mol. The van der Waals surface area contributed by atoms with Crippen LogP contribution in [0.4, 0.5) is 10.5 Å². The molecule has 2 rings (SSSR count). The third kappa shape index (κ3) is 4.35. The maximum atomic E-state index is 11.8. The third-order valence-corrected chi connectivity index (χ3v) is 3.42. The fourth-order valence-corrected chi connectivity index (χ4v) is 2.36. The Morgan fingerprint density at radius 3 is 2.73 bits per heavy atom. The van der Waals surface area contributed by atoms with Crippen LogP contribution in [0, 0.1) is 13.8 Å². The van der Waals surface area contributed by atoms with Gasteiger partial charge in [-0.3, -0.25) is 0 Å². The van der Waals surface area contributed by atoms with Crippen molar-refractivity contribution in [3.8, 4) is 5.69 Å². The average molecular weight is 300 g/mol. The van der Waals surface area contributed by atoms with Gasteiger partial charge in [0.2, 0.25) is 0 Å². The highest BCUT2D eigenvalue weighted by atomic mass is 16.2. The molecule has 5 heteroatoms. The maximum absolute atomic E-state index is 11.8. The van der Waals surface area contributed by atoms with E-state index in [1.54, 1.807) is 0 Å². The summed E-state index contributed by atoms with van der Waals surface area (Å²) in [5.74, 6) is 0. The van der Waals surface area contributed by atoms with E-state index < -0.39 is 0 Å². The first-order valence-electron chi connectivity index (χ1n) is 7.78. The van der Waals surface area contributed by atoms with Gasteiger partial charge in [-0.05, 0) is 44.5 Å². The van der Waals surface area contributed by atoms with Crippen LogP contribution in [-0.4, -0.2) is 22.4 Å². The highest BCUT2D eigenvalue weighted by Crippen LogP contribution is 2.16. The van der Waals surface area contributed by atoms with Crippen molar-refractivity contribution in [1.29, 1.82) is 0 Å². The molecule has 2 aromatic rings. The van der Waals surface area contributed by atoms with E-state index in [2.05, 4.69) is 22.7 Å². The van der Waals surface area contributed by atoms with E-state index >= 15 is 0 Å². The number of carbonyl (C=O) groups excluding carboxylic acids is 1. The average Bonchev–Trinajstić information content (AvgIpc) is 2.83. The Labute approximate surface area is 131 Å². The minimum Gasteiger partial charge on any atom is -0.338 e. The molecule has 0 bridgehead atoms. The van der Waals surface area contributed by atoms with E-state index in [0.717, 1.165) is 42.0 Å². The summed E-state index contributed by atoms with van der Waals surface area (Å²) in [6.45, 7) is 6.83. The molecule has 0 saturated carbocycles. The molecule has 0 fully saturated rings. The van der Waals surface area contributed by atoms with Crippen molar-refractivity contribution in [3.63, 3.8) is 0 Å². The molecular weight excluding hydrogens is 276 g/mol. The third-order valence-electron chi connectivity index (χ3n) is 3.42. The molecule has 0 aliphatic rings. The number of rotatable bonds is 6. The zero-order valence-corrected chi connectivity index (χ0v) is 13.5. The highest BCUT2D eigenvalue weighted by Gasteiger charge is 2.06. The van der Waals surface area contributed by atoms with Crippen molar-refractivity contribution >= 4 is 11.7 Å². The van der Waals surface area contributed by atoms with Gasteiger partial charge in [0.25, 0.3) is 0 Å². The molecule has 0 saturated heterocycles. The number of urea groups is 1. The van der Waals surface area contributed by atoms with Crippen molar-refractivity contribution in [2.75, 3.05) is 11.9 Å². The lowest BCUT2D eigenvalue weighted by molar-refractivity contribution is 0.252. The topological polar surface area (TPSA) is 59.0 Å². The number of unbranched alkanes of at least 4 members (excludes halogenated alkanes) is 2. The second-order valence-corrected chi connectivity index (χ2v) is 5.48. The minimum atomic E-state index is -0.165. The van der Waals surface area contributed by atoms with Crippen LogP contribution < -0.4 is 10.6 Å². The van der Waals surface area contributed by atoms with Crippen LogP contribution in [0.2, 0.25) is 0 Å². The largest absolute Gasteiger partial charge is 0.338 e. The molecule has 0 spiro atoms.